The van der Waals surface area contributed by atoms with E-state index in [-0.39, 0.29) is 0 Å². The second-order valence-electron chi connectivity index (χ2n) is 3.79. The fraction of sp³-hybridized carbons (Fsp3) is 0.154. The molecule has 0 fully saturated rings. The number of nitrogens with one attached hydrogen (secondary N) is 1. The van der Waals surface area contributed by atoms with Crippen LogP contribution in [0.3, 0.4) is 0 Å². The molecule has 1 aromatic carbocycles. The first-order chi connectivity index (χ1) is 8.20. The third-order valence-corrected chi connectivity index (χ3v) is 3.22. The van der Waals surface area contributed by atoms with E-state index < -0.39 is 0 Å². The summed E-state index contributed by atoms with van der Waals surface area (Å²) in [6.45, 7) is 0.706. The van der Waals surface area contributed by atoms with Crippen molar-refractivity contribution in [2.75, 3.05) is 5.32 Å². The van der Waals surface area contributed by atoms with E-state index in [2.05, 4.69) is 27.3 Å². The molecule has 3 nitrogen and oxygen atoms in total. The molecule has 2 rings (SSSR count). The molecule has 0 aliphatic carbocycles. The van der Waals surface area contributed by atoms with Crippen molar-refractivity contribution >= 4 is 21.6 Å². The molecule has 86 valence electrons. The van der Waals surface area contributed by atoms with Crippen molar-refractivity contribution in [1.29, 1.82) is 5.26 Å². The molecular weight excluding hydrogens is 278 g/mol. The SMILES string of the molecule is Cn1cc(CNc2ccccc2Br)cc1C#N. The van der Waals surface area contributed by atoms with Crippen LogP contribution in [0.1, 0.15) is 11.3 Å². The predicted molar refractivity (Wildman–Crippen MR) is 71.6 cm³/mol. The van der Waals surface area contributed by atoms with Crippen molar-refractivity contribution in [3.05, 3.63) is 52.3 Å². The maximum atomic E-state index is 8.86. The van der Waals surface area contributed by atoms with E-state index in [0.29, 0.717) is 12.2 Å². The fourth-order valence-electron chi connectivity index (χ4n) is 1.64. The van der Waals surface area contributed by atoms with E-state index in [4.69, 9.17) is 5.26 Å². The van der Waals surface area contributed by atoms with Crippen LogP contribution in [0.25, 0.3) is 0 Å². The largest absolute Gasteiger partial charge is 0.380 e. The van der Waals surface area contributed by atoms with Gasteiger partial charge in [-0.2, -0.15) is 5.26 Å². The van der Waals surface area contributed by atoms with Crippen molar-refractivity contribution in [3.63, 3.8) is 0 Å². The van der Waals surface area contributed by atoms with E-state index in [0.717, 1.165) is 15.7 Å². The van der Waals surface area contributed by atoms with Crippen molar-refractivity contribution < 1.29 is 0 Å². The molecule has 0 unspecified atom stereocenters. The summed E-state index contributed by atoms with van der Waals surface area (Å²) in [4.78, 5) is 0. The molecule has 0 saturated heterocycles. The molecule has 0 spiro atoms. The summed E-state index contributed by atoms with van der Waals surface area (Å²) < 4.78 is 2.87. The Balaban J connectivity index is 2.08. The van der Waals surface area contributed by atoms with Crippen molar-refractivity contribution in [3.8, 4) is 6.07 Å². The Morgan fingerprint density at radius 3 is 2.82 bits per heavy atom. The van der Waals surface area contributed by atoms with Gasteiger partial charge in [-0.1, -0.05) is 12.1 Å². The predicted octanol–water partition coefficient (Wildman–Crippen LogP) is 3.27. The number of aryl methyl sites for hydroxylation is 1. The van der Waals surface area contributed by atoms with Crippen LogP contribution < -0.4 is 5.32 Å². The third kappa shape index (κ3) is 2.69. The number of aromatic nitrogens is 1. The molecule has 17 heavy (non-hydrogen) atoms. The minimum absolute atomic E-state index is 0.675. The molecule has 4 heteroatoms. The van der Waals surface area contributed by atoms with Crippen LogP contribution in [0.15, 0.2) is 41.0 Å². The average Bonchev–Trinajstić information content (AvgIpc) is 2.69. The molecular formula is C13H12BrN3. The van der Waals surface area contributed by atoms with Crippen molar-refractivity contribution in [2.45, 2.75) is 6.54 Å². The number of anilines is 1. The molecule has 0 aliphatic rings. The highest BCUT2D eigenvalue weighted by Crippen LogP contribution is 2.22. The zero-order chi connectivity index (χ0) is 12.3. The summed E-state index contributed by atoms with van der Waals surface area (Å²) in [6.07, 6.45) is 1.96. The van der Waals surface area contributed by atoms with Crippen LogP contribution in [-0.2, 0) is 13.6 Å². The van der Waals surface area contributed by atoms with E-state index in [1.54, 1.807) is 0 Å². The highest BCUT2D eigenvalue weighted by Gasteiger charge is 2.03. The molecule has 0 aliphatic heterocycles. The number of rotatable bonds is 3. The second-order valence-corrected chi connectivity index (χ2v) is 4.64. The lowest BCUT2D eigenvalue weighted by Crippen LogP contribution is -1.98. The van der Waals surface area contributed by atoms with Gasteiger partial charge in [-0.25, -0.2) is 0 Å². The van der Waals surface area contributed by atoms with E-state index >= 15 is 0 Å². The molecule has 1 aromatic heterocycles. The van der Waals surface area contributed by atoms with E-state index in [1.165, 1.54) is 0 Å². The Kier molecular flexibility index (Phi) is 3.50. The Morgan fingerprint density at radius 1 is 1.41 bits per heavy atom. The summed E-state index contributed by atoms with van der Waals surface area (Å²) >= 11 is 3.48. The number of nitriles is 1. The normalized spacial score (nSPS) is 9.94. The van der Waals surface area contributed by atoms with Crippen LogP contribution in [-0.4, -0.2) is 4.57 Å². The molecule has 1 heterocycles. The van der Waals surface area contributed by atoms with Crippen LogP contribution >= 0.6 is 15.9 Å². The molecule has 0 bridgehead atoms. The monoisotopic (exact) mass is 289 g/mol. The lowest BCUT2D eigenvalue weighted by Gasteiger charge is -2.06. The molecule has 2 aromatic rings. The number of hydrogen-bond donors (Lipinski definition) is 1. The van der Waals surface area contributed by atoms with Crippen LogP contribution in [0, 0.1) is 11.3 Å². The van der Waals surface area contributed by atoms with Crippen molar-refractivity contribution in [1.82, 2.24) is 4.57 Å². The van der Waals surface area contributed by atoms with E-state index in [1.807, 2.05) is 48.1 Å². The first kappa shape index (κ1) is 11.7. The molecule has 0 saturated carbocycles. The van der Waals surface area contributed by atoms with Gasteiger partial charge < -0.3 is 9.88 Å². The quantitative estimate of drug-likeness (QED) is 0.942. The minimum Gasteiger partial charge on any atom is -0.380 e. The van der Waals surface area contributed by atoms with Crippen LogP contribution in [0.4, 0.5) is 5.69 Å². The Hall–Kier alpha value is -1.73. The molecule has 0 radical (unpaired) electrons. The number of hydrogen-bond acceptors (Lipinski definition) is 2. The number of benzene rings is 1. The van der Waals surface area contributed by atoms with Gasteiger partial charge in [-0.05, 0) is 39.7 Å². The molecule has 0 atom stereocenters. The summed E-state index contributed by atoms with van der Waals surface area (Å²) in [7, 11) is 1.88. The summed E-state index contributed by atoms with van der Waals surface area (Å²) in [5.74, 6) is 0. The maximum Gasteiger partial charge on any atom is 0.120 e. The first-order valence-electron chi connectivity index (χ1n) is 5.24. The Morgan fingerprint density at radius 2 is 2.18 bits per heavy atom. The summed E-state index contributed by atoms with van der Waals surface area (Å²) in [5.41, 5.74) is 2.82. The van der Waals surface area contributed by atoms with Gasteiger partial charge in [-0.3, -0.25) is 0 Å². The Labute approximate surface area is 109 Å². The lowest BCUT2D eigenvalue weighted by molar-refractivity contribution is 0.902. The van der Waals surface area contributed by atoms with Gasteiger partial charge in [0.1, 0.15) is 11.8 Å². The minimum atomic E-state index is 0.675. The summed E-state index contributed by atoms with van der Waals surface area (Å²) in [6, 6.07) is 12.0. The fourth-order valence-corrected chi connectivity index (χ4v) is 2.07. The van der Waals surface area contributed by atoms with Gasteiger partial charge in [0.05, 0.1) is 0 Å². The highest BCUT2D eigenvalue weighted by molar-refractivity contribution is 9.10. The van der Waals surface area contributed by atoms with Gasteiger partial charge in [0.2, 0.25) is 0 Å². The first-order valence-corrected chi connectivity index (χ1v) is 6.04. The number of nitrogens with zero attached hydrogens (tertiary/aromatic N) is 2. The van der Waals surface area contributed by atoms with Gasteiger partial charge in [0.25, 0.3) is 0 Å². The third-order valence-electron chi connectivity index (χ3n) is 2.53. The van der Waals surface area contributed by atoms with Gasteiger partial charge in [0.15, 0.2) is 0 Å². The smallest absolute Gasteiger partial charge is 0.120 e. The van der Waals surface area contributed by atoms with Gasteiger partial charge >= 0.3 is 0 Å². The standard InChI is InChI=1S/C13H12BrN3/c1-17-9-10(6-11(17)7-15)8-16-13-5-3-2-4-12(13)14/h2-6,9,16H,8H2,1H3. The van der Waals surface area contributed by atoms with E-state index in [9.17, 15) is 0 Å². The van der Waals surface area contributed by atoms with Crippen LogP contribution in [0.5, 0.6) is 0 Å². The van der Waals surface area contributed by atoms with Crippen molar-refractivity contribution in [2.24, 2.45) is 7.05 Å². The highest BCUT2D eigenvalue weighted by atomic mass is 79.9. The summed E-state index contributed by atoms with van der Waals surface area (Å²) in [5, 5.41) is 12.2. The zero-order valence-electron chi connectivity index (χ0n) is 9.44. The van der Waals surface area contributed by atoms with Gasteiger partial charge in [-0.15, -0.1) is 0 Å². The molecule has 1 N–H and O–H groups in total. The zero-order valence-corrected chi connectivity index (χ0v) is 11.0. The lowest BCUT2D eigenvalue weighted by atomic mass is 10.3. The average molecular weight is 290 g/mol. The second kappa shape index (κ2) is 5.07. The Bertz CT molecular complexity index is 566. The molecule has 0 amide bonds. The maximum absolute atomic E-state index is 8.86. The number of halogens is 1. The number of para-hydroxylation sites is 1. The van der Waals surface area contributed by atoms with Gasteiger partial charge in [0, 0.05) is 29.9 Å². The topological polar surface area (TPSA) is 40.8 Å². The van der Waals surface area contributed by atoms with Crippen LogP contribution in [0.2, 0.25) is 0 Å².